The summed E-state index contributed by atoms with van der Waals surface area (Å²) in [4.78, 5) is 26.1. The molecule has 0 unspecified atom stereocenters. The number of hydrogen-bond acceptors (Lipinski definition) is 3. The van der Waals surface area contributed by atoms with Crippen LogP contribution in [0.4, 0.5) is 0 Å². The highest BCUT2D eigenvalue weighted by Crippen LogP contribution is 2.34. The lowest BCUT2D eigenvalue weighted by molar-refractivity contribution is -0.131. The normalized spacial score (nSPS) is 10.4. The Morgan fingerprint density at radius 2 is 1.75 bits per heavy atom. The van der Waals surface area contributed by atoms with E-state index in [1.165, 1.54) is 13.8 Å². The second-order valence-corrected chi connectivity index (χ2v) is 4.92. The fourth-order valence-corrected chi connectivity index (χ4v) is 2.17. The van der Waals surface area contributed by atoms with E-state index >= 15 is 0 Å². The van der Waals surface area contributed by atoms with Crippen molar-refractivity contribution < 1.29 is 14.3 Å². The zero-order chi connectivity index (χ0) is 14.9. The molecule has 1 heterocycles. The quantitative estimate of drug-likeness (QED) is 0.692. The van der Waals surface area contributed by atoms with Gasteiger partial charge in [0.1, 0.15) is 0 Å². The average Bonchev–Trinajstić information content (AvgIpc) is 2.67. The summed E-state index contributed by atoms with van der Waals surface area (Å²) in [6.07, 6.45) is 0. The number of H-pyrrole nitrogens is 1. The number of halogens is 1. The van der Waals surface area contributed by atoms with E-state index in [0.717, 1.165) is 5.56 Å². The molecule has 1 aromatic carbocycles. The fraction of sp³-hybridized carbons (Fsp3) is 0.200. The summed E-state index contributed by atoms with van der Waals surface area (Å²) in [7, 11) is 0. The van der Waals surface area contributed by atoms with Crippen LogP contribution in [0.2, 0.25) is 5.02 Å². The molecule has 0 aliphatic carbocycles. The van der Waals surface area contributed by atoms with Gasteiger partial charge in [0.25, 0.3) is 0 Å². The van der Waals surface area contributed by atoms with E-state index < -0.39 is 5.97 Å². The minimum absolute atomic E-state index is 0.171. The molecular formula is C15H14ClNO3. The molecule has 0 bridgehead atoms. The molecule has 4 nitrogen and oxygen atoms in total. The maximum Gasteiger partial charge on any atom is 0.308 e. The Bertz CT molecular complexity index is 671. The highest BCUT2D eigenvalue weighted by atomic mass is 35.5. The van der Waals surface area contributed by atoms with Gasteiger partial charge in [0.15, 0.2) is 11.5 Å². The lowest BCUT2D eigenvalue weighted by Crippen LogP contribution is -2.05. The van der Waals surface area contributed by atoms with Crippen molar-refractivity contribution in [3.63, 3.8) is 0 Å². The first-order chi connectivity index (χ1) is 9.40. The number of aromatic nitrogens is 1. The number of carbonyl (C=O) groups is 2. The molecule has 0 aliphatic heterocycles. The smallest absolute Gasteiger partial charge is 0.308 e. The molecule has 2 aromatic rings. The van der Waals surface area contributed by atoms with Gasteiger partial charge >= 0.3 is 5.97 Å². The first kappa shape index (κ1) is 14.3. The van der Waals surface area contributed by atoms with Crippen molar-refractivity contribution >= 4 is 23.4 Å². The zero-order valence-electron chi connectivity index (χ0n) is 11.4. The summed E-state index contributed by atoms with van der Waals surface area (Å²) >= 11 is 5.86. The van der Waals surface area contributed by atoms with Crippen molar-refractivity contribution in [2.24, 2.45) is 0 Å². The van der Waals surface area contributed by atoms with Gasteiger partial charge in [-0.25, -0.2) is 0 Å². The molecule has 2 rings (SSSR count). The number of aromatic amines is 1. The highest BCUT2D eigenvalue weighted by Gasteiger charge is 2.22. The molecule has 0 atom stereocenters. The van der Waals surface area contributed by atoms with Gasteiger partial charge in [0.2, 0.25) is 0 Å². The summed E-state index contributed by atoms with van der Waals surface area (Å²) in [5, 5.41) is 0.613. The van der Waals surface area contributed by atoms with Gasteiger partial charge in [-0.2, -0.15) is 0 Å². The first-order valence-electron chi connectivity index (χ1n) is 6.08. The maximum atomic E-state index is 11.9. The lowest BCUT2D eigenvalue weighted by Gasteiger charge is -2.04. The third-order valence-electron chi connectivity index (χ3n) is 2.86. The van der Waals surface area contributed by atoms with E-state index in [2.05, 4.69) is 4.98 Å². The van der Waals surface area contributed by atoms with Crippen LogP contribution in [0, 0.1) is 6.92 Å². The van der Waals surface area contributed by atoms with Crippen LogP contribution < -0.4 is 4.74 Å². The Morgan fingerprint density at radius 1 is 1.15 bits per heavy atom. The van der Waals surface area contributed by atoms with Gasteiger partial charge in [-0.15, -0.1) is 0 Å². The van der Waals surface area contributed by atoms with Gasteiger partial charge in [-0.1, -0.05) is 23.7 Å². The Morgan fingerprint density at radius 3 is 2.25 bits per heavy atom. The molecule has 0 fully saturated rings. The van der Waals surface area contributed by atoms with Crippen molar-refractivity contribution in [3.8, 4) is 17.0 Å². The topological polar surface area (TPSA) is 59.2 Å². The number of ether oxygens (including phenoxy) is 1. The van der Waals surface area contributed by atoms with Gasteiger partial charge < -0.3 is 9.72 Å². The van der Waals surface area contributed by atoms with Crippen molar-refractivity contribution in [1.82, 2.24) is 4.98 Å². The Hall–Kier alpha value is -2.07. The van der Waals surface area contributed by atoms with Crippen LogP contribution in [-0.2, 0) is 4.79 Å². The second-order valence-electron chi connectivity index (χ2n) is 4.49. The van der Waals surface area contributed by atoms with Gasteiger partial charge in [-0.3, -0.25) is 9.59 Å². The molecule has 0 spiro atoms. The number of carbonyl (C=O) groups excluding carboxylic acids is 2. The molecule has 104 valence electrons. The summed E-state index contributed by atoms with van der Waals surface area (Å²) in [6.45, 7) is 4.50. The van der Waals surface area contributed by atoms with Crippen LogP contribution in [0.25, 0.3) is 11.3 Å². The summed E-state index contributed by atoms with van der Waals surface area (Å²) < 4.78 is 5.15. The molecule has 0 aliphatic rings. The van der Waals surface area contributed by atoms with E-state index in [0.29, 0.717) is 22.0 Å². The molecule has 0 saturated carbocycles. The summed E-state index contributed by atoms with van der Waals surface area (Å²) in [5.41, 5.74) is 2.44. The van der Waals surface area contributed by atoms with Crippen LogP contribution in [0.5, 0.6) is 5.75 Å². The van der Waals surface area contributed by atoms with Crippen LogP contribution in [0.3, 0.4) is 0 Å². The molecule has 0 saturated heterocycles. The van der Waals surface area contributed by atoms with Gasteiger partial charge in [0, 0.05) is 11.9 Å². The van der Waals surface area contributed by atoms with E-state index in [4.69, 9.17) is 16.3 Å². The largest absolute Gasteiger partial charge is 0.424 e. The number of aryl methyl sites for hydroxylation is 1. The molecule has 1 aromatic heterocycles. The average molecular weight is 292 g/mol. The zero-order valence-corrected chi connectivity index (χ0v) is 12.2. The monoisotopic (exact) mass is 291 g/mol. The SMILES string of the molecule is CC(=O)Oc1c(C)[nH]c(-c2ccc(Cl)cc2)c1C(C)=O. The maximum absolute atomic E-state index is 11.9. The summed E-state index contributed by atoms with van der Waals surface area (Å²) in [5.74, 6) is -0.345. The van der Waals surface area contributed by atoms with Crippen molar-refractivity contribution in [2.75, 3.05) is 0 Å². The third kappa shape index (κ3) is 2.75. The minimum atomic E-state index is -0.461. The second kappa shape index (κ2) is 5.51. The third-order valence-corrected chi connectivity index (χ3v) is 3.11. The molecule has 0 radical (unpaired) electrons. The van der Waals surface area contributed by atoms with Crippen LogP contribution in [-0.4, -0.2) is 16.7 Å². The molecular weight excluding hydrogens is 278 g/mol. The van der Waals surface area contributed by atoms with Crippen LogP contribution in [0.15, 0.2) is 24.3 Å². The molecule has 1 N–H and O–H groups in total. The lowest BCUT2D eigenvalue weighted by atomic mass is 10.0. The number of Topliss-reactive ketones (excluding diaryl/α,β-unsaturated/α-hetero) is 1. The fourth-order valence-electron chi connectivity index (χ4n) is 2.05. The van der Waals surface area contributed by atoms with Gasteiger partial charge in [-0.05, 0) is 31.5 Å². The van der Waals surface area contributed by atoms with Crippen LogP contribution in [0.1, 0.15) is 29.9 Å². The standard InChI is InChI=1S/C15H14ClNO3/c1-8-15(20-10(3)19)13(9(2)18)14(17-8)11-4-6-12(16)7-5-11/h4-7,17H,1-3H3. The number of nitrogens with one attached hydrogen (secondary N) is 1. The Kier molecular flexibility index (Phi) is 3.95. The van der Waals surface area contributed by atoms with E-state index in [1.807, 2.05) is 0 Å². The Labute approximate surface area is 121 Å². The molecule has 5 heteroatoms. The van der Waals surface area contributed by atoms with Crippen LogP contribution >= 0.6 is 11.6 Å². The first-order valence-corrected chi connectivity index (χ1v) is 6.45. The Balaban J connectivity index is 2.61. The van der Waals surface area contributed by atoms with Crippen molar-refractivity contribution in [3.05, 3.63) is 40.5 Å². The van der Waals surface area contributed by atoms with E-state index in [9.17, 15) is 9.59 Å². The highest BCUT2D eigenvalue weighted by molar-refractivity contribution is 6.30. The van der Waals surface area contributed by atoms with Gasteiger partial charge in [0.05, 0.1) is 17.0 Å². The predicted octanol–water partition coefficient (Wildman–Crippen LogP) is 3.77. The molecule has 0 amide bonds. The molecule has 20 heavy (non-hydrogen) atoms. The predicted molar refractivity (Wildman–Crippen MR) is 77.3 cm³/mol. The minimum Gasteiger partial charge on any atom is -0.424 e. The number of benzene rings is 1. The van der Waals surface area contributed by atoms with E-state index in [-0.39, 0.29) is 11.5 Å². The number of rotatable bonds is 3. The number of hydrogen-bond donors (Lipinski definition) is 1. The number of ketones is 1. The van der Waals surface area contributed by atoms with Crippen molar-refractivity contribution in [1.29, 1.82) is 0 Å². The summed E-state index contributed by atoms with van der Waals surface area (Å²) in [6, 6.07) is 7.08. The number of esters is 1. The van der Waals surface area contributed by atoms with E-state index in [1.54, 1.807) is 31.2 Å². The van der Waals surface area contributed by atoms with Crippen molar-refractivity contribution in [2.45, 2.75) is 20.8 Å².